The van der Waals surface area contributed by atoms with Crippen LogP contribution in [0.1, 0.15) is 33.6 Å². The second-order valence-corrected chi connectivity index (χ2v) is 8.51. The third-order valence-electron chi connectivity index (χ3n) is 5.44. The van der Waals surface area contributed by atoms with E-state index in [0.717, 1.165) is 29.1 Å². The van der Waals surface area contributed by atoms with Gasteiger partial charge in [0.2, 0.25) is 0 Å². The van der Waals surface area contributed by atoms with Crippen molar-refractivity contribution < 1.29 is 14.3 Å². The van der Waals surface area contributed by atoms with Gasteiger partial charge < -0.3 is 19.7 Å². The van der Waals surface area contributed by atoms with E-state index in [2.05, 4.69) is 16.4 Å². The topological polar surface area (TPSA) is 87.5 Å². The molecule has 152 valence electrons. The van der Waals surface area contributed by atoms with Crippen molar-refractivity contribution in [1.29, 1.82) is 5.26 Å². The lowest BCUT2D eigenvalue weighted by Gasteiger charge is -2.32. The van der Waals surface area contributed by atoms with Crippen LogP contribution in [0.2, 0.25) is 0 Å². The summed E-state index contributed by atoms with van der Waals surface area (Å²) in [6, 6.07) is 7.57. The van der Waals surface area contributed by atoms with Crippen molar-refractivity contribution in [1.82, 2.24) is 9.88 Å². The van der Waals surface area contributed by atoms with Crippen molar-refractivity contribution in [2.45, 2.75) is 31.5 Å². The maximum Gasteiger partial charge on any atom is 0.264 e. The van der Waals surface area contributed by atoms with Gasteiger partial charge in [-0.25, -0.2) is 4.98 Å². The van der Waals surface area contributed by atoms with Crippen LogP contribution in [0, 0.1) is 18.3 Å². The van der Waals surface area contributed by atoms with Crippen molar-refractivity contribution >= 4 is 23.1 Å². The summed E-state index contributed by atoms with van der Waals surface area (Å²) in [5, 5.41) is 14.1. The maximum atomic E-state index is 13.0. The number of nitrogens with zero attached hydrogens (tertiary/aromatic N) is 3. The smallest absolute Gasteiger partial charge is 0.264 e. The number of hydrogen-bond donors (Lipinski definition) is 1. The van der Waals surface area contributed by atoms with Crippen molar-refractivity contribution in [3.05, 3.63) is 45.8 Å². The normalized spacial score (nSPS) is 24.3. The third-order valence-corrected chi connectivity index (χ3v) is 6.44. The molecule has 2 aliphatic heterocycles. The zero-order valence-electron chi connectivity index (χ0n) is 16.4. The molecule has 2 aromatic heterocycles. The minimum Gasteiger partial charge on any atom is -0.377 e. The van der Waals surface area contributed by atoms with Crippen LogP contribution in [-0.2, 0) is 9.47 Å². The zero-order valence-corrected chi connectivity index (χ0v) is 17.2. The number of aryl methyl sites for hydroxylation is 1. The number of carbonyl (C=O) groups excluding carboxylic acids is 1. The molecule has 29 heavy (non-hydrogen) atoms. The number of nitrogens with one attached hydrogen (secondary N) is 1. The highest BCUT2D eigenvalue weighted by Gasteiger charge is 2.44. The molecule has 0 aromatic carbocycles. The van der Waals surface area contributed by atoms with Gasteiger partial charge in [0.1, 0.15) is 17.5 Å². The Morgan fingerprint density at radius 3 is 3.10 bits per heavy atom. The van der Waals surface area contributed by atoms with Gasteiger partial charge in [0, 0.05) is 19.3 Å². The molecule has 8 heteroatoms. The fraction of sp³-hybridized carbons (Fsp3) is 0.476. The summed E-state index contributed by atoms with van der Waals surface area (Å²) in [4.78, 5) is 19.9. The van der Waals surface area contributed by atoms with Crippen LogP contribution in [0.15, 0.2) is 29.8 Å². The number of thiophene rings is 1. The van der Waals surface area contributed by atoms with E-state index in [9.17, 15) is 4.79 Å². The second-order valence-electron chi connectivity index (χ2n) is 7.60. The largest absolute Gasteiger partial charge is 0.377 e. The Bertz CT molecular complexity index is 907. The minimum absolute atomic E-state index is 0.0227. The lowest BCUT2D eigenvalue weighted by molar-refractivity contribution is -0.0802. The van der Waals surface area contributed by atoms with Crippen LogP contribution in [0.3, 0.4) is 0 Å². The molecule has 7 nitrogen and oxygen atoms in total. The first-order valence-corrected chi connectivity index (χ1v) is 10.7. The van der Waals surface area contributed by atoms with Crippen LogP contribution in [0.5, 0.6) is 0 Å². The summed E-state index contributed by atoms with van der Waals surface area (Å²) in [6.07, 6.45) is 3.32. The van der Waals surface area contributed by atoms with E-state index < -0.39 is 5.60 Å². The molecule has 2 saturated heterocycles. The first-order valence-electron chi connectivity index (χ1n) is 9.77. The first kappa shape index (κ1) is 19.8. The highest BCUT2D eigenvalue weighted by molar-refractivity contribution is 7.12. The van der Waals surface area contributed by atoms with Gasteiger partial charge in [0.05, 0.1) is 36.3 Å². The van der Waals surface area contributed by atoms with Gasteiger partial charge in [0.15, 0.2) is 0 Å². The monoisotopic (exact) mass is 412 g/mol. The number of carbonyl (C=O) groups is 1. The van der Waals surface area contributed by atoms with E-state index in [4.69, 9.17) is 14.7 Å². The molecule has 0 saturated carbocycles. The fourth-order valence-electron chi connectivity index (χ4n) is 3.86. The fourth-order valence-corrected chi connectivity index (χ4v) is 4.75. The molecule has 2 aromatic rings. The highest BCUT2D eigenvalue weighted by atomic mass is 32.1. The number of amides is 1. The molecule has 4 heterocycles. The predicted molar refractivity (Wildman–Crippen MR) is 110 cm³/mol. The molecular formula is C21H24N4O3S. The summed E-state index contributed by atoms with van der Waals surface area (Å²) >= 11 is 1.49. The number of pyridine rings is 1. The number of anilines is 1. The molecule has 1 N–H and O–H groups in total. The summed E-state index contributed by atoms with van der Waals surface area (Å²) in [6.45, 7) is 4.76. The SMILES string of the molecule is Cc1ccsc1C(=O)N1CCOC[C@]2(CC[C@H](CNc3ccc(C#N)cn3)O2)C1. The van der Waals surface area contributed by atoms with E-state index in [-0.39, 0.29) is 12.0 Å². The van der Waals surface area contributed by atoms with Gasteiger partial charge in [-0.15, -0.1) is 11.3 Å². The Labute approximate surface area is 174 Å². The van der Waals surface area contributed by atoms with Crippen LogP contribution >= 0.6 is 11.3 Å². The molecule has 0 aliphatic carbocycles. The van der Waals surface area contributed by atoms with Crippen molar-refractivity contribution in [2.75, 3.05) is 38.2 Å². The van der Waals surface area contributed by atoms with Crippen LogP contribution < -0.4 is 5.32 Å². The highest BCUT2D eigenvalue weighted by Crippen LogP contribution is 2.34. The van der Waals surface area contributed by atoms with Crippen molar-refractivity contribution in [2.24, 2.45) is 0 Å². The Kier molecular flexibility index (Phi) is 5.81. The lowest BCUT2D eigenvalue weighted by atomic mass is 10.00. The molecule has 1 spiro atoms. The average molecular weight is 413 g/mol. The molecular weight excluding hydrogens is 388 g/mol. The Morgan fingerprint density at radius 2 is 2.38 bits per heavy atom. The summed E-state index contributed by atoms with van der Waals surface area (Å²) in [7, 11) is 0. The molecule has 2 aliphatic rings. The number of rotatable bonds is 4. The van der Waals surface area contributed by atoms with Crippen LogP contribution in [-0.4, -0.2) is 60.3 Å². The summed E-state index contributed by atoms with van der Waals surface area (Å²) < 4.78 is 12.2. The number of nitriles is 1. The average Bonchev–Trinajstić information content (AvgIpc) is 3.28. The van der Waals surface area contributed by atoms with Gasteiger partial charge in [0.25, 0.3) is 5.91 Å². The summed E-state index contributed by atoms with van der Waals surface area (Å²) in [5.41, 5.74) is 1.10. The molecule has 0 unspecified atom stereocenters. The van der Waals surface area contributed by atoms with Crippen molar-refractivity contribution in [3.63, 3.8) is 0 Å². The Morgan fingerprint density at radius 1 is 1.48 bits per heavy atom. The van der Waals surface area contributed by atoms with E-state index in [0.29, 0.717) is 38.4 Å². The van der Waals surface area contributed by atoms with Crippen LogP contribution in [0.25, 0.3) is 0 Å². The number of hydrogen-bond acceptors (Lipinski definition) is 7. The van der Waals surface area contributed by atoms with E-state index in [1.807, 2.05) is 23.3 Å². The Balaban J connectivity index is 1.38. The molecule has 0 radical (unpaired) electrons. The van der Waals surface area contributed by atoms with Crippen LogP contribution in [0.4, 0.5) is 5.82 Å². The van der Waals surface area contributed by atoms with E-state index >= 15 is 0 Å². The van der Waals surface area contributed by atoms with Gasteiger partial charge in [-0.2, -0.15) is 5.26 Å². The van der Waals surface area contributed by atoms with Gasteiger partial charge in [-0.3, -0.25) is 4.79 Å². The molecule has 2 fully saturated rings. The third kappa shape index (κ3) is 4.42. The first-order chi connectivity index (χ1) is 14.1. The molecule has 2 atom stereocenters. The number of aromatic nitrogens is 1. The Hall–Kier alpha value is -2.47. The quantitative estimate of drug-likeness (QED) is 0.831. The zero-order chi connectivity index (χ0) is 20.3. The summed E-state index contributed by atoms with van der Waals surface area (Å²) in [5.74, 6) is 0.782. The van der Waals surface area contributed by atoms with E-state index in [1.54, 1.807) is 18.3 Å². The maximum absolute atomic E-state index is 13.0. The number of ether oxygens (including phenoxy) is 2. The van der Waals surface area contributed by atoms with Gasteiger partial charge in [-0.05, 0) is 48.9 Å². The standard InChI is InChI=1S/C21H24N4O3S/c1-15-5-9-29-19(15)20(26)25-7-8-27-14-21(13-25)6-4-17(28-21)12-24-18-3-2-16(10-22)11-23-18/h2-3,5,9,11,17H,4,6-8,12-14H2,1H3,(H,23,24)/t17-,21+/m1/s1. The van der Waals surface area contributed by atoms with E-state index in [1.165, 1.54) is 11.3 Å². The van der Waals surface area contributed by atoms with Crippen molar-refractivity contribution in [3.8, 4) is 6.07 Å². The van der Waals surface area contributed by atoms with Gasteiger partial charge >= 0.3 is 0 Å². The minimum atomic E-state index is -0.457. The molecule has 0 bridgehead atoms. The molecule has 1 amide bonds. The molecule has 4 rings (SSSR count). The second kappa shape index (κ2) is 8.49. The van der Waals surface area contributed by atoms with Gasteiger partial charge in [-0.1, -0.05) is 0 Å². The predicted octanol–water partition coefficient (Wildman–Crippen LogP) is 2.83. The lowest BCUT2D eigenvalue weighted by Crippen LogP contribution is -2.47.